The zero-order valence-electron chi connectivity index (χ0n) is 24.2. The molecule has 4 aromatic carbocycles. The first-order valence-electron chi connectivity index (χ1n) is 13.9. The molecule has 1 aliphatic rings. The number of hydrogen-bond donors (Lipinski definition) is 3. The lowest BCUT2D eigenvalue weighted by Crippen LogP contribution is -2.58. The van der Waals surface area contributed by atoms with E-state index in [-0.39, 0.29) is 22.7 Å². The van der Waals surface area contributed by atoms with Crippen LogP contribution in [0.5, 0.6) is 5.75 Å². The summed E-state index contributed by atoms with van der Waals surface area (Å²) < 4.78 is 64.3. The quantitative estimate of drug-likeness (QED) is 0.176. The van der Waals surface area contributed by atoms with Crippen LogP contribution in [-0.4, -0.2) is 28.6 Å². The molecule has 44 heavy (non-hydrogen) atoms. The predicted octanol–water partition coefficient (Wildman–Crippen LogP) is 7.16. The van der Waals surface area contributed by atoms with Crippen LogP contribution in [0.15, 0.2) is 109 Å². The summed E-state index contributed by atoms with van der Waals surface area (Å²) in [7, 11) is -8.06. The van der Waals surface area contributed by atoms with Crippen LogP contribution in [0, 0.1) is 5.82 Å². The summed E-state index contributed by atoms with van der Waals surface area (Å²) in [5.41, 5.74) is 3.16. The average molecular weight is 642 g/mol. The van der Waals surface area contributed by atoms with Crippen molar-refractivity contribution in [1.29, 1.82) is 0 Å². The number of nitrogens with zero attached hydrogens (tertiary/aromatic N) is 1. The van der Waals surface area contributed by atoms with Gasteiger partial charge in [-0.15, -0.1) is 0 Å². The summed E-state index contributed by atoms with van der Waals surface area (Å²) in [4.78, 5) is 18.7. The fourth-order valence-electron chi connectivity index (χ4n) is 5.05. The number of anilines is 1. The molecule has 1 heterocycles. The standard InChI is InChI=1S/C29H27FNO6PS.C4H7F/c30-23-14-9-20(10-15-23)5-4-8-28-29(31(39(28,36)37)24-6-2-1-3-7-24)26-18-13-22(19-27(26)32)21-11-16-25(17-12-21)38(33,34)35;1-3-4(2)5/h1-3,6-7,9-19,28-29,32H,4-5,8H2,(H2,33,34,35);3H,1-2H3/b;4-3+. The summed E-state index contributed by atoms with van der Waals surface area (Å²) >= 11 is 0. The molecule has 0 saturated carbocycles. The molecule has 1 aliphatic heterocycles. The van der Waals surface area contributed by atoms with Gasteiger partial charge in [0.25, 0.3) is 0 Å². The van der Waals surface area contributed by atoms with Crippen molar-refractivity contribution >= 4 is 28.6 Å². The number of para-hydroxylation sites is 1. The lowest BCUT2D eigenvalue weighted by Gasteiger charge is -2.48. The summed E-state index contributed by atoms with van der Waals surface area (Å²) in [6.45, 7) is 3.08. The predicted molar refractivity (Wildman–Crippen MR) is 169 cm³/mol. The van der Waals surface area contributed by atoms with E-state index in [9.17, 15) is 36.7 Å². The van der Waals surface area contributed by atoms with Gasteiger partial charge in [-0.3, -0.25) is 8.87 Å². The fraction of sp³-hybridized carbons (Fsp3) is 0.212. The highest BCUT2D eigenvalue weighted by Gasteiger charge is 2.54. The Morgan fingerprint density at radius 2 is 1.52 bits per heavy atom. The van der Waals surface area contributed by atoms with Crippen molar-refractivity contribution in [2.75, 3.05) is 4.31 Å². The number of hydrogen-bond acceptors (Lipinski definition) is 4. The Balaban J connectivity index is 0.000000818. The number of halogens is 2. The Labute approximate surface area is 256 Å². The highest BCUT2D eigenvalue weighted by atomic mass is 32.2. The summed E-state index contributed by atoms with van der Waals surface area (Å²) in [5.74, 6) is -0.517. The van der Waals surface area contributed by atoms with Crippen molar-refractivity contribution in [2.45, 2.75) is 44.4 Å². The van der Waals surface area contributed by atoms with Gasteiger partial charge in [0.2, 0.25) is 10.0 Å². The fourth-order valence-corrected chi connectivity index (χ4v) is 7.74. The van der Waals surface area contributed by atoms with E-state index in [0.717, 1.165) is 5.56 Å². The van der Waals surface area contributed by atoms with Gasteiger partial charge in [0.15, 0.2) is 0 Å². The molecular formula is C33H34F2NO6PS. The van der Waals surface area contributed by atoms with E-state index in [4.69, 9.17) is 0 Å². The Morgan fingerprint density at radius 1 is 0.932 bits per heavy atom. The van der Waals surface area contributed by atoms with Crippen LogP contribution in [0.4, 0.5) is 14.5 Å². The molecule has 0 aliphatic carbocycles. The van der Waals surface area contributed by atoms with E-state index in [1.165, 1.54) is 47.6 Å². The molecule has 1 fully saturated rings. The maximum Gasteiger partial charge on any atom is 0.356 e. The number of allylic oxidation sites excluding steroid dienone is 2. The highest BCUT2D eigenvalue weighted by Crippen LogP contribution is 2.50. The third-order valence-corrected chi connectivity index (χ3v) is 10.6. The molecule has 7 nitrogen and oxygen atoms in total. The van der Waals surface area contributed by atoms with E-state index in [0.29, 0.717) is 41.6 Å². The molecule has 5 rings (SSSR count). The second-order valence-electron chi connectivity index (χ2n) is 10.4. The number of sulfonamides is 1. The van der Waals surface area contributed by atoms with Crippen molar-refractivity contribution in [3.63, 3.8) is 0 Å². The Bertz CT molecular complexity index is 1750. The number of rotatable bonds is 8. The Kier molecular flexibility index (Phi) is 10.4. The van der Waals surface area contributed by atoms with Gasteiger partial charge in [-0.2, -0.15) is 0 Å². The van der Waals surface area contributed by atoms with Crippen LogP contribution in [0.3, 0.4) is 0 Å². The van der Waals surface area contributed by atoms with Crippen LogP contribution in [0.1, 0.15) is 43.9 Å². The zero-order chi connectivity index (χ0) is 32.1. The minimum Gasteiger partial charge on any atom is -0.508 e. The largest absolute Gasteiger partial charge is 0.508 e. The molecule has 3 N–H and O–H groups in total. The first-order valence-corrected chi connectivity index (χ1v) is 17.0. The van der Waals surface area contributed by atoms with Gasteiger partial charge in [0, 0.05) is 5.56 Å². The van der Waals surface area contributed by atoms with Crippen molar-refractivity contribution in [1.82, 2.24) is 0 Å². The monoisotopic (exact) mass is 641 g/mol. The summed E-state index contributed by atoms with van der Waals surface area (Å²) in [6.07, 6.45) is 2.94. The van der Waals surface area contributed by atoms with Crippen LogP contribution < -0.4 is 9.61 Å². The first kappa shape index (κ1) is 33.1. The van der Waals surface area contributed by atoms with Gasteiger partial charge in [-0.1, -0.05) is 60.7 Å². The van der Waals surface area contributed by atoms with Gasteiger partial charge in [0.1, 0.15) is 16.8 Å². The molecule has 4 aromatic rings. The van der Waals surface area contributed by atoms with Crippen LogP contribution in [0.25, 0.3) is 11.1 Å². The van der Waals surface area contributed by atoms with E-state index >= 15 is 0 Å². The molecule has 1 saturated heterocycles. The van der Waals surface area contributed by atoms with Crippen molar-refractivity contribution in [3.8, 4) is 16.9 Å². The minimum absolute atomic E-state index is 0.0732. The number of benzene rings is 4. The highest BCUT2D eigenvalue weighted by molar-refractivity contribution is 7.95. The number of aromatic hydroxyl groups is 1. The van der Waals surface area contributed by atoms with Gasteiger partial charge < -0.3 is 14.9 Å². The second-order valence-corrected chi connectivity index (χ2v) is 14.1. The van der Waals surface area contributed by atoms with Crippen molar-refractivity contribution in [2.24, 2.45) is 0 Å². The molecule has 2 atom stereocenters. The lowest BCUT2D eigenvalue weighted by molar-refractivity contribution is 0.387. The van der Waals surface area contributed by atoms with Crippen LogP contribution in [0.2, 0.25) is 0 Å². The Morgan fingerprint density at radius 3 is 2.07 bits per heavy atom. The molecule has 2 unspecified atom stereocenters. The first-order chi connectivity index (χ1) is 20.8. The maximum absolute atomic E-state index is 13.5. The molecule has 11 heteroatoms. The topological polar surface area (TPSA) is 115 Å². The average Bonchev–Trinajstić information content (AvgIpc) is 2.99. The Hall–Kier alpha value is -3.82. The third-order valence-electron chi connectivity index (χ3n) is 7.42. The number of phenols is 1. The molecule has 0 radical (unpaired) electrons. The summed E-state index contributed by atoms with van der Waals surface area (Å²) in [6, 6.07) is 25.1. The van der Waals surface area contributed by atoms with Crippen LogP contribution in [-0.2, 0) is 21.0 Å². The van der Waals surface area contributed by atoms with Crippen LogP contribution >= 0.6 is 7.60 Å². The molecule has 0 spiro atoms. The van der Waals surface area contributed by atoms with Gasteiger partial charge >= 0.3 is 7.60 Å². The molecule has 0 amide bonds. The normalized spacial score (nSPS) is 17.8. The zero-order valence-corrected chi connectivity index (χ0v) is 25.9. The number of aryl methyl sites for hydroxylation is 1. The van der Waals surface area contributed by atoms with Gasteiger partial charge in [-0.25, -0.2) is 17.2 Å². The van der Waals surface area contributed by atoms with Crippen molar-refractivity contribution < 1.29 is 36.7 Å². The second kappa shape index (κ2) is 13.9. The lowest BCUT2D eigenvalue weighted by atomic mass is 9.94. The summed E-state index contributed by atoms with van der Waals surface area (Å²) in [5, 5.41) is 10.2. The van der Waals surface area contributed by atoms with E-state index in [2.05, 4.69) is 0 Å². The van der Waals surface area contributed by atoms with E-state index < -0.39 is 28.9 Å². The molecule has 0 bridgehead atoms. The number of phenolic OH excluding ortho intramolecular Hbond substituents is 1. The van der Waals surface area contributed by atoms with Gasteiger partial charge in [0.05, 0.1) is 22.9 Å². The van der Waals surface area contributed by atoms with E-state index in [1.54, 1.807) is 73.7 Å². The molecule has 0 aromatic heterocycles. The molecular weight excluding hydrogens is 607 g/mol. The van der Waals surface area contributed by atoms with Gasteiger partial charge in [-0.05, 0) is 92.3 Å². The minimum atomic E-state index is -4.37. The van der Waals surface area contributed by atoms with Crippen molar-refractivity contribution in [3.05, 3.63) is 126 Å². The SMILES string of the molecule is C/C=C(\C)F.O=P(O)(O)c1ccc(-c2ccc(C3C(CCCc4ccc(F)cc4)S(=O)(=O)N3c3ccccc3)c(O)c2)cc1. The third kappa shape index (κ3) is 7.63. The molecule has 232 valence electrons. The van der Waals surface area contributed by atoms with E-state index in [1.807, 2.05) is 0 Å². The maximum atomic E-state index is 13.5. The smallest absolute Gasteiger partial charge is 0.356 e.